The second-order valence-corrected chi connectivity index (χ2v) is 5.98. The minimum absolute atomic E-state index is 0.0640. The number of nitrogens with one attached hydrogen (secondary N) is 1. The first kappa shape index (κ1) is 14.7. The Kier molecular flexibility index (Phi) is 3.94. The molecule has 6 heteroatoms. The fraction of sp³-hybridized carbons (Fsp3) is 0.643. The lowest BCUT2D eigenvalue weighted by atomic mass is 9.64. The summed E-state index contributed by atoms with van der Waals surface area (Å²) in [4.78, 5) is 13.2. The van der Waals surface area contributed by atoms with Gasteiger partial charge in [0.2, 0.25) is 0 Å². The van der Waals surface area contributed by atoms with Crippen molar-refractivity contribution in [2.75, 3.05) is 26.5 Å². The van der Waals surface area contributed by atoms with Crippen LogP contribution in [-0.2, 0) is 4.74 Å². The molecule has 20 heavy (non-hydrogen) atoms. The van der Waals surface area contributed by atoms with Crippen molar-refractivity contribution < 1.29 is 9.53 Å². The summed E-state index contributed by atoms with van der Waals surface area (Å²) >= 11 is 0. The number of rotatable bonds is 4. The molecule has 0 bridgehead atoms. The smallest absolute Gasteiger partial charge is 0.273 e. The molecule has 0 saturated heterocycles. The minimum atomic E-state index is -0.146. The minimum Gasteiger partial charge on any atom is -0.381 e. The van der Waals surface area contributed by atoms with Crippen molar-refractivity contribution in [2.45, 2.75) is 32.4 Å². The fourth-order valence-corrected chi connectivity index (χ4v) is 2.46. The largest absolute Gasteiger partial charge is 0.381 e. The van der Waals surface area contributed by atoms with Crippen LogP contribution in [0.4, 0.5) is 5.82 Å². The first-order valence-corrected chi connectivity index (χ1v) is 6.71. The van der Waals surface area contributed by atoms with E-state index in [1.54, 1.807) is 33.3 Å². The highest BCUT2D eigenvalue weighted by atomic mass is 16.5. The number of hydrogen-bond acceptors (Lipinski definition) is 5. The van der Waals surface area contributed by atoms with E-state index in [9.17, 15) is 4.79 Å². The number of amides is 1. The third-order valence-corrected chi connectivity index (χ3v) is 4.07. The molecule has 1 N–H and O–H groups in total. The Labute approximate surface area is 119 Å². The number of carbonyl (C=O) groups excluding carboxylic acids is 1. The van der Waals surface area contributed by atoms with Gasteiger partial charge in [0.15, 0.2) is 5.69 Å². The van der Waals surface area contributed by atoms with Crippen LogP contribution in [0.5, 0.6) is 0 Å². The third-order valence-electron chi connectivity index (χ3n) is 4.07. The summed E-state index contributed by atoms with van der Waals surface area (Å²) in [5.74, 6) is 0.542. The maximum Gasteiger partial charge on any atom is 0.273 e. The summed E-state index contributed by atoms with van der Waals surface area (Å²) in [6.07, 6.45) is 1.21. The average Bonchev–Trinajstić information content (AvgIpc) is 2.42. The van der Waals surface area contributed by atoms with Gasteiger partial charge in [-0.3, -0.25) is 4.79 Å². The van der Waals surface area contributed by atoms with E-state index in [0.717, 1.165) is 6.42 Å². The maximum atomic E-state index is 11.7. The van der Waals surface area contributed by atoms with E-state index in [0.29, 0.717) is 17.6 Å². The van der Waals surface area contributed by atoms with Crippen molar-refractivity contribution in [3.8, 4) is 0 Å². The Bertz CT molecular complexity index is 484. The van der Waals surface area contributed by atoms with Crippen LogP contribution in [0.3, 0.4) is 0 Å². The number of aromatic nitrogens is 2. The predicted molar refractivity (Wildman–Crippen MR) is 76.7 cm³/mol. The van der Waals surface area contributed by atoms with E-state index in [1.165, 1.54) is 4.90 Å². The highest BCUT2D eigenvalue weighted by Crippen LogP contribution is 2.43. The molecule has 0 radical (unpaired) electrons. The van der Waals surface area contributed by atoms with Crippen LogP contribution in [0.15, 0.2) is 12.1 Å². The predicted octanol–water partition coefficient (Wildman–Crippen LogP) is 1.40. The van der Waals surface area contributed by atoms with Crippen molar-refractivity contribution in [1.82, 2.24) is 15.1 Å². The molecular weight excluding hydrogens is 256 g/mol. The maximum absolute atomic E-state index is 11.7. The van der Waals surface area contributed by atoms with E-state index in [4.69, 9.17) is 4.74 Å². The van der Waals surface area contributed by atoms with Crippen LogP contribution >= 0.6 is 0 Å². The molecule has 1 aromatic rings. The normalized spacial score (nSPS) is 23.9. The van der Waals surface area contributed by atoms with Crippen LogP contribution < -0.4 is 5.32 Å². The molecule has 0 aromatic carbocycles. The highest BCUT2D eigenvalue weighted by molar-refractivity contribution is 5.91. The summed E-state index contributed by atoms with van der Waals surface area (Å²) in [6, 6.07) is 3.79. The molecule has 2 rings (SSSR count). The summed E-state index contributed by atoms with van der Waals surface area (Å²) in [5, 5.41) is 11.4. The molecule has 1 amide bonds. The second-order valence-electron chi connectivity index (χ2n) is 5.98. The number of methoxy groups -OCH3 is 1. The molecule has 110 valence electrons. The molecular formula is C14H22N4O2. The van der Waals surface area contributed by atoms with E-state index in [-0.39, 0.29) is 17.4 Å². The Morgan fingerprint density at radius 1 is 1.40 bits per heavy atom. The van der Waals surface area contributed by atoms with Crippen LogP contribution in [0.2, 0.25) is 0 Å². The van der Waals surface area contributed by atoms with E-state index < -0.39 is 0 Å². The van der Waals surface area contributed by atoms with Gasteiger partial charge in [0, 0.05) is 32.7 Å². The summed E-state index contributed by atoms with van der Waals surface area (Å²) in [5.41, 5.74) is 0.414. The van der Waals surface area contributed by atoms with Crippen molar-refractivity contribution >= 4 is 11.7 Å². The second kappa shape index (κ2) is 5.36. The molecule has 0 aliphatic heterocycles. The number of hydrogen-bond donors (Lipinski definition) is 1. The van der Waals surface area contributed by atoms with Gasteiger partial charge in [-0.2, -0.15) is 0 Å². The van der Waals surface area contributed by atoms with Gasteiger partial charge in [-0.25, -0.2) is 0 Å². The monoisotopic (exact) mass is 278 g/mol. The van der Waals surface area contributed by atoms with Crippen LogP contribution in [-0.4, -0.2) is 54.4 Å². The van der Waals surface area contributed by atoms with Gasteiger partial charge >= 0.3 is 0 Å². The summed E-state index contributed by atoms with van der Waals surface area (Å²) in [7, 11) is 5.12. The zero-order chi connectivity index (χ0) is 14.9. The van der Waals surface area contributed by atoms with Crippen LogP contribution in [0, 0.1) is 5.41 Å². The van der Waals surface area contributed by atoms with Crippen LogP contribution in [0.1, 0.15) is 30.8 Å². The highest BCUT2D eigenvalue weighted by Gasteiger charge is 2.48. The Balaban J connectivity index is 2.00. The Morgan fingerprint density at radius 3 is 2.55 bits per heavy atom. The average molecular weight is 278 g/mol. The molecule has 1 aliphatic rings. The molecule has 6 nitrogen and oxygen atoms in total. The zero-order valence-corrected chi connectivity index (χ0v) is 12.7. The molecule has 1 aromatic heterocycles. The van der Waals surface area contributed by atoms with Crippen molar-refractivity contribution in [3.05, 3.63) is 17.8 Å². The van der Waals surface area contributed by atoms with Crippen molar-refractivity contribution in [2.24, 2.45) is 5.41 Å². The molecule has 0 spiro atoms. The topological polar surface area (TPSA) is 67.3 Å². The lowest BCUT2D eigenvalue weighted by molar-refractivity contribution is -0.0795. The molecule has 1 saturated carbocycles. The van der Waals surface area contributed by atoms with Gasteiger partial charge < -0.3 is 15.0 Å². The summed E-state index contributed by atoms with van der Waals surface area (Å²) in [6.45, 7) is 4.33. The Morgan fingerprint density at radius 2 is 2.10 bits per heavy atom. The molecule has 1 aliphatic carbocycles. The fourth-order valence-electron chi connectivity index (χ4n) is 2.46. The molecule has 2 unspecified atom stereocenters. The van der Waals surface area contributed by atoms with Crippen molar-refractivity contribution in [1.29, 1.82) is 0 Å². The standard InChI is InChI=1S/C14H22N4O2/c1-14(2)10(8-11(14)20-5)15-12-7-6-9(16-17-12)13(19)18(3)4/h6-7,10-11H,8H2,1-5H3,(H,15,17). The van der Waals surface area contributed by atoms with E-state index >= 15 is 0 Å². The third kappa shape index (κ3) is 2.60. The lowest BCUT2D eigenvalue weighted by Gasteiger charge is -2.51. The quantitative estimate of drug-likeness (QED) is 0.902. The molecule has 1 heterocycles. The first-order valence-electron chi connectivity index (χ1n) is 6.71. The van der Waals surface area contributed by atoms with Gasteiger partial charge in [0.05, 0.1) is 6.10 Å². The van der Waals surface area contributed by atoms with Gasteiger partial charge in [-0.05, 0) is 18.6 Å². The molecule has 2 atom stereocenters. The zero-order valence-electron chi connectivity index (χ0n) is 12.7. The van der Waals surface area contributed by atoms with Gasteiger partial charge in [-0.1, -0.05) is 13.8 Å². The lowest BCUT2D eigenvalue weighted by Crippen LogP contribution is -2.57. The van der Waals surface area contributed by atoms with Gasteiger partial charge in [0.1, 0.15) is 5.82 Å². The number of ether oxygens (including phenoxy) is 1. The van der Waals surface area contributed by atoms with E-state index in [2.05, 4.69) is 29.4 Å². The SMILES string of the molecule is COC1CC(Nc2ccc(C(=O)N(C)C)nn2)C1(C)C. The summed E-state index contributed by atoms with van der Waals surface area (Å²) < 4.78 is 5.42. The molecule has 1 fully saturated rings. The number of anilines is 1. The first-order chi connectivity index (χ1) is 9.36. The van der Waals surface area contributed by atoms with Gasteiger partial charge in [-0.15, -0.1) is 10.2 Å². The number of nitrogens with zero attached hydrogens (tertiary/aromatic N) is 3. The number of carbonyl (C=O) groups is 1. The Hall–Kier alpha value is -1.69. The van der Waals surface area contributed by atoms with Crippen LogP contribution in [0.25, 0.3) is 0 Å². The van der Waals surface area contributed by atoms with Crippen molar-refractivity contribution in [3.63, 3.8) is 0 Å². The van der Waals surface area contributed by atoms with E-state index in [1.807, 2.05) is 0 Å². The van der Waals surface area contributed by atoms with Gasteiger partial charge in [0.25, 0.3) is 5.91 Å².